The van der Waals surface area contributed by atoms with Gasteiger partial charge in [-0.3, -0.25) is 4.79 Å². The van der Waals surface area contributed by atoms with Crippen molar-refractivity contribution in [1.29, 1.82) is 0 Å². The van der Waals surface area contributed by atoms with Gasteiger partial charge in [0.2, 0.25) is 15.9 Å². The Balaban J connectivity index is 1.57. The summed E-state index contributed by atoms with van der Waals surface area (Å²) in [6, 6.07) is 2.18. The lowest BCUT2D eigenvalue weighted by Crippen LogP contribution is -2.44. The van der Waals surface area contributed by atoms with E-state index in [1.54, 1.807) is 25.2 Å². The number of aryl methyl sites for hydroxylation is 2. The molecule has 0 bridgehead atoms. The molecule has 8 nitrogen and oxygen atoms in total. The van der Waals surface area contributed by atoms with E-state index in [0.29, 0.717) is 43.9 Å². The van der Waals surface area contributed by atoms with Crippen LogP contribution in [0.25, 0.3) is 0 Å². The lowest BCUT2D eigenvalue weighted by atomic mass is 9.97. The Bertz CT molecular complexity index is 910. The van der Waals surface area contributed by atoms with Crippen LogP contribution in [0.3, 0.4) is 0 Å². The van der Waals surface area contributed by atoms with Gasteiger partial charge in [0.05, 0.1) is 6.04 Å². The maximum atomic E-state index is 12.9. The van der Waals surface area contributed by atoms with Crippen LogP contribution in [0.4, 0.5) is 0 Å². The van der Waals surface area contributed by atoms with Crippen LogP contribution in [0.1, 0.15) is 35.9 Å². The second-order valence-electron chi connectivity index (χ2n) is 7.61. The minimum absolute atomic E-state index is 0.0125. The summed E-state index contributed by atoms with van der Waals surface area (Å²) in [7, 11) is 0.329. The second-order valence-corrected chi connectivity index (χ2v) is 10.3. The van der Waals surface area contributed by atoms with Crippen LogP contribution in [0.15, 0.2) is 26.2 Å². The molecule has 2 aromatic heterocycles. The van der Waals surface area contributed by atoms with E-state index in [1.807, 2.05) is 19.5 Å². The number of likely N-dealkylation sites (N-methyl/N-ethyl adjacent to an activating group) is 1. The predicted molar refractivity (Wildman–Crippen MR) is 111 cm³/mol. The zero-order valence-electron chi connectivity index (χ0n) is 17.2. The molecular formula is C19H28N4O4S2. The highest BCUT2D eigenvalue weighted by molar-refractivity contribution is 7.89. The summed E-state index contributed by atoms with van der Waals surface area (Å²) in [5, 5.41) is 10.9. The molecule has 2 aromatic rings. The first-order valence-electron chi connectivity index (χ1n) is 9.61. The van der Waals surface area contributed by atoms with Crippen LogP contribution in [0, 0.1) is 19.8 Å². The number of amides is 1. The first-order valence-corrected chi connectivity index (χ1v) is 12.0. The molecule has 3 rings (SSSR count). The van der Waals surface area contributed by atoms with Gasteiger partial charge in [0.1, 0.15) is 10.6 Å². The number of nitrogens with zero attached hydrogens (tertiary/aromatic N) is 3. The molecule has 29 heavy (non-hydrogen) atoms. The number of sulfonamides is 1. The van der Waals surface area contributed by atoms with Crippen LogP contribution >= 0.6 is 11.3 Å². The third kappa shape index (κ3) is 4.71. The summed E-state index contributed by atoms with van der Waals surface area (Å²) >= 11 is 1.64. The standard InChI is InChI=1S/C19H28N4O4S2/c1-13-18(14(2)27-21-13)29(25,26)23-8-5-15(6-9-23)19(24)20-11-17(22(3)4)16-7-10-28-12-16/h7,10,12,15,17H,5-6,8-9,11H2,1-4H3,(H,20,24). The summed E-state index contributed by atoms with van der Waals surface area (Å²) in [6.07, 6.45) is 0.999. The number of aromatic nitrogens is 1. The lowest BCUT2D eigenvalue weighted by molar-refractivity contribution is -0.126. The highest BCUT2D eigenvalue weighted by Gasteiger charge is 2.35. The van der Waals surface area contributed by atoms with Gasteiger partial charge in [-0.25, -0.2) is 8.42 Å². The molecule has 1 amide bonds. The van der Waals surface area contributed by atoms with Crippen molar-refractivity contribution >= 4 is 27.3 Å². The van der Waals surface area contributed by atoms with E-state index in [4.69, 9.17) is 4.52 Å². The molecule has 160 valence electrons. The van der Waals surface area contributed by atoms with Gasteiger partial charge < -0.3 is 14.7 Å². The quantitative estimate of drug-likeness (QED) is 0.709. The summed E-state index contributed by atoms with van der Waals surface area (Å²) < 4.78 is 32.3. The second kappa shape index (κ2) is 8.95. The number of hydrogen-bond acceptors (Lipinski definition) is 7. The lowest BCUT2D eigenvalue weighted by Gasteiger charge is -2.31. The van der Waals surface area contributed by atoms with Gasteiger partial charge in [-0.05, 0) is 63.2 Å². The van der Waals surface area contributed by atoms with Crippen molar-refractivity contribution in [3.63, 3.8) is 0 Å². The van der Waals surface area contributed by atoms with E-state index in [0.717, 1.165) is 0 Å². The van der Waals surface area contributed by atoms with Gasteiger partial charge in [-0.1, -0.05) is 5.16 Å². The van der Waals surface area contributed by atoms with E-state index in [2.05, 4.69) is 26.8 Å². The topological polar surface area (TPSA) is 95.8 Å². The summed E-state index contributed by atoms with van der Waals surface area (Å²) in [4.78, 5) is 14.9. The molecule has 1 aliphatic heterocycles. The Kier molecular flexibility index (Phi) is 6.77. The largest absolute Gasteiger partial charge is 0.360 e. The predicted octanol–water partition coefficient (Wildman–Crippen LogP) is 2.17. The summed E-state index contributed by atoms with van der Waals surface area (Å²) in [5.41, 5.74) is 1.55. The van der Waals surface area contributed by atoms with Crippen LogP contribution in [0.5, 0.6) is 0 Å². The maximum Gasteiger partial charge on any atom is 0.248 e. The number of hydrogen-bond donors (Lipinski definition) is 1. The zero-order valence-corrected chi connectivity index (χ0v) is 18.8. The highest BCUT2D eigenvalue weighted by Crippen LogP contribution is 2.28. The van der Waals surface area contributed by atoms with Crippen molar-refractivity contribution in [2.45, 2.75) is 37.6 Å². The first kappa shape index (κ1) is 21.9. The Morgan fingerprint density at radius 1 is 1.38 bits per heavy atom. The van der Waals surface area contributed by atoms with E-state index in [-0.39, 0.29) is 22.8 Å². The van der Waals surface area contributed by atoms with E-state index in [9.17, 15) is 13.2 Å². The van der Waals surface area contributed by atoms with Gasteiger partial charge in [-0.2, -0.15) is 15.6 Å². The number of nitrogens with one attached hydrogen (secondary N) is 1. The number of piperidine rings is 1. The molecular weight excluding hydrogens is 412 g/mol. The van der Waals surface area contributed by atoms with Crippen molar-refractivity contribution in [2.75, 3.05) is 33.7 Å². The van der Waals surface area contributed by atoms with Gasteiger partial charge in [0.25, 0.3) is 0 Å². The van der Waals surface area contributed by atoms with E-state index < -0.39 is 10.0 Å². The number of rotatable bonds is 7. The SMILES string of the molecule is Cc1noc(C)c1S(=O)(=O)N1CCC(C(=O)NCC(c2ccsc2)N(C)C)CC1. The monoisotopic (exact) mass is 440 g/mol. The van der Waals surface area contributed by atoms with Crippen LogP contribution in [-0.4, -0.2) is 62.4 Å². The molecule has 1 N–H and O–H groups in total. The van der Waals surface area contributed by atoms with Crippen molar-refractivity contribution in [1.82, 2.24) is 19.7 Å². The van der Waals surface area contributed by atoms with Crippen molar-refractivity contribution < 1.29 is 17.7 Å². The molecule has 1 fully saturated rings. The van der Waals surface area contributed by atoms with Crippen molar-refractivity contribution in [3.8, 4) is 0 Å². The molecule has 1 aliphatic rings. The average molecular weight is 441 g/mol. The number of carbonyl (C=O) groups excluding carboxylic acids is 1. The fraction of sp³-hybridized carbons (Fsp3) is 0.579. The molecule has 0 radical (unpaired) electrons. The Hall–Kier alpha value is -1.75. The van der Waals surface area contributed by atoms with Gasteiger partial charge in [0.15, 0.2) is 5.76 Å². The Labute approximate surface area is 175 Å². The summed E-state index contributed by atoms with van der Waals surface area (Å²) in [5.74, 6) is 0.100. The Morgan fingerprint density at radius 3 is 2.59 bits per heavy atom. The van der Waals surface area contributed by atoms with E-state index >= 15 is 0 Å². The minimum atomic E-state index is -3.66. The van der Waals surface area contributed by atoms with Crippen LogP contribution < -0.4 is 5.32 Å². The average Bonchev–Trinajstić information content (AvgIpc) is 3.31. The highest BCUT2D eigenvalue weighted by atomic mass is 32.2. The Morgan fingerprint density at radius 2 is 2.07 bits per heavy atom. The first-order chi connectivity index (χ1) is 13.7. The summed E-state index contributed by atoms with van der Waals surface area (Å²) in [6.45, 7) is 4.37. The molecule has 3 heterocycles. The maximum absolute atomic E-state index is 12.9. The van der Waals surface area contributed by atoms with E-state index in [1.165, 1.54) is 9.87 Å². The molecule has 0 spiro atoms. The number of carbonyl (C=O) groups is 1. The minimum Gasteiger partial charge on any atom is -0.360 e. The normalized spacial score (nSPS) is 17.6. The zero-order chi connectivity index (χ0) is 21.2. The van der Waals surface area contributed by atoms with Crippen molar-refractivity contribution in [3.05, 3.63) is 33.8 Å². The molecule has 10 heteroatoms. The van der Waals surface area contributed by atoms with Crippen molar-refractivity contribution in [2.24, 2.45) is 5.92 Å². The van der Waals surface area contributed by atoms with Gasteiger partial charge >= 0.3 is 0 Å². The third-order valence-electron chi connectivity index (χ3n) is 5.41. The molecule has 0 aliphatic carbocycles. The van der Waals surface area contributed by atoms with Gasteiger partial charge in [-0.15, -0.1) is 0 Å². The van der Waals surface area contributed by atoms with Crippen LogP contribution in [-0.2, 0) is 14.8 Å². The fourth-order valence-electron chi connectivity index (χ4n) is 3.74. The molecule has 0 saturated carbocycles. The van der Waals surface area contributed by atoms with Gasteiger partial charge in [0, 0.05) is 25.6 Å². The molecule has 1 saturated heterocycles. The molecule has 1 atom stereocenters. The van der Waals surface area contributed by atoms with Crippen LogP contribution in [0.2, 0.25) is 0 Å². The molecule has 1 unspecified atom stereocenters. The number of thiophene rings is 1. The third-order valence-corrected chi connectivity index (χ3v) is 8.26. The fourth-order valence-corrected chi connectivity index (χ4v) is 6.20. The smallest absolute Gasteiger partial charge is 0.248 e. The molecule has 0 aromatic carbocycles.